The van der Waals surface area contributed by atoms with Crippen LogP contribution < -0.4 is 15.4 Å². The lowest BCUT2D eigenvalue weighted by Crippen LogP contribution is -2.31. The Morgan fingerprint density at radius 1 is 1.56 bits per heavy atom. The minimum absolute atomic E-state index is 0.0312. The van der Waals surface area contributed by atoms with Gasteiger partial charge in [-0.3, -0.25) is 4.79 Å². The highest BCUT2D eigenvalue weighted by Crippen LogP contribution is 2.20. The zero-order valence-corrected chi connectivity index (χ0v) is 10.7. The Balaban J connectivity index is 2.40. The Bertz CT molecular complexity index is 338. The van der Waals surface area contributed by atoms with Gasteiger partial charge in [-0.1, -0.05) is 6.92 Å². The van der Waals surface area contributed by atoms with Crippen LogP contribution in [0.2, 0.25) is 0 Å². The second kappa shape index (κ2) is 6.50. The van der Waals surface area contributed by atoms with Gasteiger partial charge in [0.1, 0.15) is 5.75 Å². The van der Waals surface area contributed by atoms with Crippen molar-refractivity contribution in [2.75, 3.05) is 27.2 Å². The number of ether oxygens (including phenoxy) is 1. The Morgan fingerprint density at radius 2 is 2.31 bits per heavy atom. The predicted octanol–water partition coefficient (Wildman–Crippen LogP) is 1.34. The van der Waals surface area contributed by atoms with Crippen molar-refractivity contribution in [1.29, 1.82) is 0 Å². The maximum atomic E-state index is 11.7. The molecule has 1 aromatic heterocycles. The van der Waals surface area contributed by atoms with E-state index < -0.39 is 0 Å². The van der Waals surface area contributed by atoms with Gasteiger partial charge in [-0.15, -0.1) is 11.3 Å². The lowest BCUT2D eigenvalue weighted by atomic mass is 10.2. The van der Waals surface area contributed by atoms with Crippen molar-refractivity contribution in [1.82, 2.24) is 10.6 Å². The van der Waals surface area contributed by atoms with E-state index in [1.807, 2.05) is 12.4 Å². The first-order valence-electron chi connectivity index (χ1n) is 5.22. The van der Waals surface area contributed by atoms with E-state index in [9.17, 15) is 4.79 Å². The van der Waals surface area contributed by atoms with Gasteiger partial charge in [0.15, 0.2) is 0 Å². The smallest absolute Gasteiger partial charge is 0.261 e. The second-order valence-electron chi connectivity index (χ2n) is 3.72. The van der Waals surface area contributed by atoms with E-state index in [-0.39, 0.29) is 5.91 Å². The first-order valence-corrected chi connectivity index (χ1v) is 6.10. The van der Waals surface area contributed by atoms with E-state index >= 15 is 0 Å². The molecule has 0 saturated heterocycles. The summed E-state index contributed by atoms with van der Waals surface area (Å²) in [5.41, 5.74) is 0. The molecule has 0 fully saturated rings. The van der Waals surface area contributed by atoms with Crippen LogP contribution in [0.1, 0.15) is 16.6 Å². The van der Waals surface area contributed by atoms with Crippen LogP contribution in [0.15, 0.2) is 11.4 Å². The molecule has 4 nitrogen and oxygen atoms in total. The average molecular weight is 242 g/mol. The summed E-state index contributed by atoms with van der Waals surface area (Å²) in [4.78, 5) is 12.4. The van der Waals surface area contributed by atoms with Crippen LogP contribution in [-0.4, -0.2) is 33.2 Å². The van der Waals surface area contributed by atoms with Crippen molar-refractivity contribution >= 4 is 17.2 Å². The summed E-state index contributed by atoms with van der Waals surface area (Å²) in [5, 5.41) is 7.80. The number of amides is 1. The number of carbonyl (C=O) groups is 1. The molecule has 0 aliphatic rings. The SMILES string of the molecule is CNCC(C)CNC(=O)c1cc(OC)cs1. The number of nitrogens with one attached hydrogen (secondary N) is 2. The number of thiophene rings is 1. The lowest BCUT2D eigenvalue weighted by Gasteiger charge is -2.10. The number of hydrogen-bond acceptors (Lipinski definition) is 4. The highest BCUT2D eigenvalue weighted by Gasteiger charge is 2.10. The molecule has 0 aromatic carbocycles. The van der Waals surface area contributed by atoms with E-state index in [0.29, 0.717) is 17.3 Å². The van der Waals surface area contributed by atoms with Crippen molar-refractivity contribution in [3.05, 3.63) is 16.3 Å². The summed E-state index contributed by atoms with van der Waals surface area (Å²) in [6.45, 7) is 3.67. The standard InChI is InChI=1S/C11H18N2O2S/c1-8(5-12-2)6-13-11(14)10-4-9(15-3)7-16-10/h4,7-8,12H,5-6H2,1-3H3,(H,13,14). The molecule has 1 rings (SSSR count). The van der Waals surface area contributed by atoms with Gasteiger partial charge in [0.2, 0.25) is 0 Å². The number of carbonyl (C=O) groups excluding carboxylic acids is 1. The normalized spacial score (nSPS) is 12.2. The highest BCUT2D eigenvalue weighted by molar-refractivity contribution is 7.12. The third-order valence-electron chi connectivity index (χ3n) is 2.20. The zero-order chi connectivity index (χ0) is 12.0. The van der Waals surface area contributed by atoms with Gasteiger partial charge >= 0.3 is 0 Å². The van der Waals surface area contributed by atoms with E-state index in [1.165, 1.54) is 11.3 Å². The van der Waals surface area contributed by atoms with Gasteiger partial charge in [-0.25, -0.2) is 0 Å². The lowest BCUT2D eigenvalue weighted by molar-refractivity contribution is 0.0952. The number of rotatable bonds is 6. The number of methoxy groups -OCH3 is 1. The van der Waals surface area contributed by atoms with Crippen LogP contribution in [-0.2, 0) is 0 Å². The molecule has 90 valence electrons. The molecule has 0 bridgehead atoms. The molecule has 5 heteroatoms. The topological polar surface area (TPSA) is 50.4 Å². The van der Waals surface area contributed by atoms with Crippen LogP contribution in [0.4, 0.5) is 0 Å². The fraction of sp³-hybridized carbons (Fsp3) is 0.545. The van der Waals surface area contributed by atoms with Crippen LogP contribution in [0.5, 0.6) is 5.75 Å². The zero-order valence-electron chi connectivity index (χ0n) is 9.87. The van der Waals surface area contributed by atoms with Crippen molar-refractivity contribution in [2.45, 2.75) is 6.92 Å². The summed E-state index contributed by atoms with van der Waals surface area (Å²) in [6, 6.07) is 1.75. The molecule has 16 heavy (non-hydrogen) atoms. The minimum Gasteiger partial charge on any atom is -0.496 e. The monoisotopic (exact) mass is 242 g/mol. The molecular weight excluding hydrogens is 224 g/mol. The third kappa shape index (κ3) is 3.83. The predicted molar refractivity (Wildman–Crippen MR) is 66.3 cm³/mol. The quantitative estimate of drug-likeness (QED) is 0.791. The van der Waals surface area contributed by atoms with Crippen molar-refractivity contribution < 1.29 is 9.53 Å². The molecule has 1 atom stereocenters. The summed E-state index contributed by atoms with van der Waals surface area (Å²) in [7, 11) is 3.50. The van der Waals surface area contributed by atoms with E-state index in [1.54, 1.807) is 13.2 Å². The van der Waals surface area contributed by atoms with Gasteiger partial charge in [0, 0.05) is 18.0 Å². The van der Waals surface area contributed by atoms with Gasteiger partial charge in [0.25, 0.3) is 5.91 Å². The molecule has 2 N–H and O–H groups in total. The molecule has 0 aliphatic carbocycles. The van der Waals surface area contributed by atoms with E-state index in [2.05, 4.69) is 17.6 Å². The highest BCUT2D eigenvalue weighted by atomic mass is 32.1. The Kier molecular flexibility index (Phi) is 5.28. The average Bonchev–Trinajstić information content (AvgIpc) is 2.75. The summed E-state index contributed by atoms with van der Waals surface area (Å²) >= 11 is 1.39. The maximum Gasteiger partial charge on any atom is 0.261 e. The summed E-state index contributed by atoms with van der Waals surface area (Å²) < 4.78 is 5.03. The van der Waals surface area contributed by atoms with Crippen LogP contribution in [0, 0.1) is 5.92 Å². The molecule has 1 amide bonds. The number of hydrogen-bond donors (Lipinski definition) is 2. The first-order chi connectivity index (χ1) is 7.67. The molecule has 1 aromatic rings. The van der Waals surface area contributed by atoms with Crippen LogP contribution in [0.3, 0.4) is 0 Å². The minimum atomic E-state index is -0.0312. The molecular formula is C11H18N2O2S. The first kappa shape index (κ1) is 13.0. The molecule has 0 saturated carbocycles. The largest absolute Gasteiger partial charge is 0.496 e. The summed E-state index contributed by atoms with van der Waals surface area (Å²) in [5.74, 6) is 1.13. The second-order valence-corrected chi connectivity index (χ2v) is 4.63. The summed E-state index contributed by atoms with van der Waals surface area (Å²) in [6.07, 6.45) is 0. The van der Waals surface area contributed by atoms with Crippen molar-refractivity contribution in [3.63, 3.8) is 0 Å². The van der Waals surface area contributed by atoms with Gasteiger partial charge in [-0.05, 0) is 19.5 Å². The van der Waals surface area contributed by atoms with Crippen LogP contribution >= 0.6 is 11.3 Å². The van der Waals surface area contributed by atoms with Gasteiger partial charge < -0.3 is 15.4 Å². The Labute approximate surface area is 100 Å². The van der Waals surface area contributed by atoms with Crippen molar-refractivity contribution in [3.8, 4) is 5.75 Å². The molecule has 1 unspecified atom stereocenters. The molecule has 1 heterocycles. The third-order valence-corrected chi connectivity index (χ3v) is 3.11. The molecule has 0 aliphatic heterocycles. The van der Waals surface area contributed by atoms with Crippen LogP contribution in [0.25, 0.3) is 0 Å². The molecule has 0 radical (unpaired) electrons. The van der Waals surface area contributed by atoms with Gasteiger partial charge in [0.05, 0.1) is 12.0 Å². The van der Waals surface area contributed by atoms with Crippen molar-refractivity contribution in [2.24, 2.45) is 5.92 Å². The Morgan fingerprint density at radius 3 is 2.88 bits per heavy atom. The Hall–Kier alpha value is -1.07. The molecule has 0 spiro atoms. The fourth-order valence-corrected chi connectivity index (χ4v) is 2.09. The van der Waals surface area contributed by atoms with Gasteiger partial charge in [-0.2, -0.15) is 0 Å². The maximum absolute atomic E-state index is 11.7. The van der Waals surface area contributed by atoms with E-state index in [0.717, 1.165) is 12.3 Å². The van der Waals surface area contributed by atoms with E-state index in [4.69, 9.17) is 4.74 Å². The fourth-order valence-electron chi connectivity index (χ4n) is 1.32.